The van der Waals surface area contributed by atoms with Crippen LogP contribution in [0.2, 0.25) is 0 Å². The summed E-state index contributed by atoms with van der Waals surface area (Å²) in [4.78, 5) is 31.6. The summed E-state index contributed by atoms with van der Waals surface area (Å²) in [6, 6.07) is 6.18. The molecule has 0 radical (unpaired) electrons. The van der Waals surface area contributed by atoms with Gasteiger partial charge < -0.3 is 14.7 Å². The maximum atomic E-state index is 12.9. The summed E-state index contributed by atoms with van der Waals surface area (Å²) in [5, 5.41) is 0. The molecule has 1 atom stereocenters. The van der Waals surface area contributed by atoms with Crippen LogP contribution >= 0.6 is 0 Å². The highest BCUT2D eigenvalue weighted by atomic mass is 16.2. The number of anilines is 1. The third kappa shape index (κ3) is 3.56. The topological polar surface area (TPSA) is 43.9 Å². The molecule has 3 rings (SSSR count). The van der Waals surface area contributed by atoms with Gasteiger partial charge >= 0.3 is 0 Å². The van der Waals surface area contributed by atoms with Gasteiger partial charge in [0, 0.05) is 44.8 Å². The standard InChI is InChI=1S/C20H29N3O2/c1-14(2)17-7-5-6-15(3)19(17)23-13-16(12-18(23)24)20(25)22-10-8-21(4)9-11-22/h5-7,14,16H,8-13H2,1-4H3. The summed E-state index contributed by atoms with van der Waals surface area (Å²) in [7, 11) is 2.08. The lowest BCUT2D eigenvalue weighted by Crippen LogP contribution is -2.49. The lowest BCUT2D eigenvalue weighted by atomic mass is 9.97. The van der Waals surface area contributed by atoms with Crippen molar-refractivity contribution in [1.29, 1.82) is 0 Å². The van der Waals surface area contributed by atoms with Gasteiger partial charge in [-0.3, -0.25) is 9.59 Å². The van der Waals surface area contributed by atoms with E-state index < -0.39 is 0 Å². The van der Waals surface area contributed by atoms with E-state index in [1.54, 1.807) is 0 Å². The lowest BCUT2D eigenvalue weighted by Gasteiger charge is -2.34. The van der Waals surface area contributed by atoms with Gasteiger partial charge in [-0.15, -0.1) is 0 Å². The van der Waals surface area contributed by atoms with Gasteiger partial charge in [0.15, 0.2) is 0 Å². The molecule has 0 spiro atoms. The summed E-state index contributed by atoms with van der Waals surface area (Å²) in [6.45, 7) is 10.2. The fraction of sp³-hybridized carbons (Fsp3) is 0.600. The van der Waals surface area contributed by atoms with Crippen molar-refractivity contribution in [1.82, 2.24) is 9.80 Å². The zero-order chi connectivity index (χ0) is 18.1. The molecule has 2 aliphatic rings. The second-order valence-electron chi connectivity index (χ2n) is 7.70. The minimum absolute atomic E-state index is 0.0728. The summed E-state index contributed by atoms with van der Waals surface area (Å²) in [5.74, 6) is 0.345. The molecule has 2 aliphatic heterocycles. The first-order chi connectivity index (χ1) is 11.9. The van der Waals surface area contributed by atoms with Crippen LogP contribution in [0.1, 0.15) is 37.3 Å². The Bertz CT molecular complexity index is 663. The molecule has 1 aromatic carbocycles. The van der Waals surface area contributed by atoms with Gasteiger partial charge in [-0.1, -0.05) is 32.0 Å². The fourth-order valence-electron chi connectivity index (χ4n) is 3.89. The molecule has 2 saturated heterocycles. The highest BCUT2D eigenvalue weighted by Crippen LogP contribution is 2.35. The highest BCUT2D eigenvalue weighted by Gasteiger charge is 2.38. The minimum Gasteiger partial charge on any atom is -0.340 e. The summed E-state index contributed by atoms with van der Waals surface area (Å²) in [6.07, 6.45) is 0.330. The minimum atomic E-state index is -0.212. The van der Waals surface area contributed by atoms with E-state index in [0.717, 1.165) is 37.4 Å². The van der Waals surface area contributed by atoms with Crippen LogP contribution in [0.15, 0.2) is 18.2 Å². The Kier molecular flexibility index (Phi) is 5.13. The van der Waals surface area contributed by atoms with E-state index in [4.69, 9.17) is 0 Å². The molecule has 5 nitrogen and oxygen atoms in total. The number of benzene rings is 1. The number of nitrogens with zero attached hydrogens (tertiary/aromatic N) is 3. The first-order valence-corrected chi connectivity index (χ1v) is 9.25. The van der Waals surface area contributed by atoms with Gasteiger partial charge in [0.05, 0.1) is 5.92 Å². The number of amides is 2. The number of para-hydroxylation sites is 1. The summed E-state index contributed by atoms with van der Waals surface area (Å²) in [5.41, 5.74) is 3.30. The second-order valence-corrected chi connectivity index (χ2v) is 7.70. The first-order valence-electron chi connectivity index (χ1n) is 9.25. The molecule has 0 N–H and O–H groups in total. The Morgan fingerprint density at radius 1 is 1.16 bits per heavy atom. The largest absolute Gasteiger partial charge is 0.340 e. The van der Waals surface area contributed by atoms with Crippen molar-refractivity contribution < 1.29 is 9.59 Å². The second kappa shape index (κ2) is 7.16. The maximum Gasteiger partial charge on any atom is 0.228 e. The molecule has 1 unspecified atom stereocenters. The van der Waals surface area contributed by atoms with Crippen molar-refractivity contribution >= 4 is 17.5 Å². The molecule has 2 fully saturated rings. The molecule has 1 aromatic rings. The van der Waals surface area contributed by atoms with Crippen LogP contribution in [-0.2, 0) is 9.59 Å². The molecule has 2 amide bonds. The van der Waals surface area contributed by atoms with Crippen LogP contribution < -0.4 is 4.90 Å². The Morgan fingerprint density at radius 3 is 2.48 bits per heavy atom. The fourth-order valence-corrected chi connectivity index (χ4v) is 3.89. The maximum absolute atomic E-state index is 12.9. The third-order valence-corrected chi connectivity index (χ3v) is 5.45. The van der Waals surface area contributed by atoms with Crippen molar-refractivity contribution in [3.8, 4) is 0 Å². The molecule has 136 valence electrons. The molecule has 0 bridgehead atoms. The first kappa shape index (κ1) is 17.9. The van der Waals surface area contributed by atoms with Crippen LogP contribution in [0.25, 0.3) is 0 Å². The van der Waals surface area contributed by atoms with Crippen LogP contribution in [0, 0.1) is 12.8 Å². The molecule has 0 saturated carbocycles. The van der Waals surface area contributed by atoms with Crippen molar-refractivity contribution in [2.75, 3.05) is 44.7 Å². The molecule has 0 aliphatic carbocycles. The number of hydrogen-bond donors (Lipinski definition) is 0. The van der Waals surface area contributed by atoms with Crippen molar-refractivity contribution in [2.24, 2.45) is 5.92 Å². The number of aryl methyl sites for hydroxylation is 1. The summed E-state index contributed by atoms with van der Waals surface area (Å²) < 4.78 is 0. The molecule has 0 aromatic heterocycles. The molecular weight excluding hydrogens is 314 g/mol. The Balaban J connectivity index is 1.78. The van der Waals surface area contributed by atoms with Crippen LogP contribution in [0.5, 0.6) is 0 Å². The Morgan fingerprint density at radius 2 is 1.84 bits per heavy atom. The van der Waals surface area contributed by atoms with E-state index in [9.17, 15) is 9.59 Å². The number of carbonyl (C=O) groups is 2. The van der Waals surface area contributed by atoms with E-state index in [1.165, 1.54) is 5.56 Å². The summed E-state index contributed by atoms with van der Waals surface area (Å²) >= 11 is 0. The number of hydrogen-bond acceptors (Lipinski definition) is 3. The van der Waals surface area contributed by atoms with E-state index in [1.807, 2.05) is 28.9 Å². The predicted molar refractivity (Wildman–Crippen MR) is 99.8 cm³/mol. The van der Waals surface area contributed by atoms with Crippen LogP contribution in [0.4, 0.5) is 5.69 Å². The van der Waals surface area contributed by atoms with Gasteiger partial charge in [-0.05, 0) is 31.0 Å². The number of carbonyl (C=O) groups excluding carboxylic acids is 2. The Hall–Kier alpha value is -1.88. The van der Waals surface area contributed by atoms with Crippen molar-refractivity contribution in [3.05, 3.63) is 29.3 Å². The van der Waals surface area contributed by atoms with Gasteiger partial charge in [-0.25, -0.2) is 0 Å². The molecule has 25 heavy (non-hydrogen) atoms. The van der Waals surface area contributed by atoms with E-state index in [2.05, 4.69) is 31.9 Å². The van der Waals surface area contributed by atoms with Gasteiger partial charge in [0.2, 0.25) is 11.8 Å². The quantitative estimate of drug-likeness (QED) is 0.845. The average molecular weight is 343 g/mol. The van der Waals surface area contributed by atoms with E-state index in [-0.39, 0.29) is 17.7 Å². The van der Waals surface area contributed by atoms with Crippen LogP contribution in [0.3, 0.4) is 0 Å². The van der Waals surface area contributed by atoms with Gasteiger partial charge in [0.1, 0.15) is 0 Å². The molecule has 2 heterocycles. The highest BCUT2D eigenvalue weighted by molar-refractivity contribution is 6.01. The average Bonchev–Trinajstić information content (AvgIpc) is 2.96. The monoisotopic (exact) mass is 343 g/mol. The Labute approximate surface area is 150 Å². The van der Waals surface area contributed by atoms with Crippen molar-refractivity contribution in [3.63, 3.8) is 0 Å². The molecule has 5 heteroatoms. The zero-order valence-electron chi connectivity index (χ0n) is 15.8. The SMILES string of the molecule is Cc1cccc(C(C)C)c1N1CC(C(=O)N2CCN(C)CC2)CC1=O. The van der Waals surface area contributed by atoms with E-state index in [0.29, 0.717) is 18.9 Å². The van der Waals surface area contributed by atoms with Gasteiger partial charge in [0.25, 0.3) is 0 Å². The van der Waals surface area contributed by atoms with Crippen LogP contribution in [-0.4, -0.2) is 61.4 Å². The smallest absolute Gasteiger partial charge is 0.228 e. The van der Waals surface area contributed by atoms with Gasteiger partial charge in [-0.2, -0.15) is 0 Å². The molecular formula is C20H29N3O2. The number of rotatable bonds is 3. The van der Waals surface area contributed by atoms with E-state index >= 15 is 0 Å². The number of likely N-dealkylation sites (N-methyl/N-ethyl adjacent to an activating group) is 1. The third-order valence-electron chi connectivity index (χ3n) is 5.45. The number of piperazine rings is 1. The normalized spacial score (nSPS) is 22.1. The lowest BCUT2D eigenvalue weighted by molar-refractivity contribution is -0.137. The predicted octanol–water partition coefficient (Wildman–Crippen LogP) is 2.25. The van der Waals surface area contributed by atoms with Crippen molar-refractivity contribution in [2.45, 2.75) is 33.1 Å². The zero-order valence-corrected chi connectivity index (χ0v) is 15.8.